The largest absolute Gasteiger partial charge is 0.334 e. The maximum absolute atomic E-state index is 10.8. The van der Waals surface area contributed by atoms with E-state index in [1.54, 1.807) is 6.07 Å². The Bertz CT molecular complexity index is 627. The summed E-state index contributed by atoms with van der Waals surface area (Å²) in [4.78, 5) is 14.4. The molecule has 7 nitrogen and oxygen atoms in total. The lowest BCUT2D eigenvalue weighted by Gasteiger charge is -2.03. The summed E-state index contributed by atoms with van der Waals surface area (Å²) in [5.74, 6) is 0.687. The second kappa shape index (κ2) is 5.98. The van der Waals surface area contributed by atoms with Gasteiger partial charge in [0.2, 0.25) is 0 Å². The molecule has 0 spiro atoms. The molecule has 2 rings (SSSR count). The topological polar surface area (TPSA) is 94.1 Å². The van der Waals surface area contributed by atoms with E-state index in [0.29, 0.717) is 24.0 Å². The number of nitrogens with one attached hydrogen (secondary N) is 1. The first kappa shape index (κ1) is 14.4. The van der Waals surface area contributed by atoms with E-state index in [0.717, 1.165) is 0 Å². The second-order valence-corrected chi connectivity index (χ2v) is 4.94. The Morgan fingerprint density at radius 2 is 2.20 bits per heavy atom. The zero-order chi connectivity index (χ0) is 14.7. The van der Waals surface area contributed by atoms with E-state index in [2.05, 4.69) is 15.5 Å². The van der Waals surface area contributed by atoms with Gasteiger partial charge in [0.25, 0.3) is 11.6 Å². The molecular formula is C12H13ClN4O3. The zero-order valence-electron chi connectivity index (χ0n) is 11.0. The molecule has 2 aromatic rings. The predicted molar refractivity (Wildman–Crippen MR) is 73.4 cm³/mol. The molecule has 0 aliphatic carbocycles. The minimum Gasteiger partial charge on any atom is -0.334 e. The normalized spacial score (nSPS) is 11.0. The fourth-order valence-electron chi connectivity index (χ4n) is 1.54. The number of rotatable bonds is 5. The van der Waals surface area contributed by atoms with E-state index in [4.69, 9.17) is 16.1 Å². The van der Waals surface area contributed by atoms with Crippen molar-refractivity contribution in [3.8, 4) is 11.5 Å². The first-order valence-electron chi connectivity index (χ1n) is 5.97. The molecular weight excluding hydrogens is 284 g/mol. The number of nitro benzene ring substituents is 1. The van der Waals surface area contributed by atoms with Gasteiger partial charge in [-0.1, -0.05) is 30.6 Å². The molecule has 0 unspecified atom stereocenters. The van der Waals surface area contributed by atoms with Crippen LogP contribution in [0.5, 0.6) is 0 Å². The second-order valence-electron chi connectivity index (χ2n) is 4.51. The summed E-state index contributed by atoms with van der Waals surface area (Å²) in [5.41, 5.74) is 0.306. The van der Waals surface area contributed by atoms with Crippen LogP contribution in [0.3, 0.4) is 0 Å². The first-order chi connectivity index (χ1) is 9.45. The third-order valence-corrected chi connectivity index (χ3v) is 2.70. The minimum absolute atomic E-state index is 0.118. The molecule has 1 aromatic heterocycles. The van der Waals surface area contributed by atoms with Gasteiger partial charge in [-0.25, -0.2) is 0 Å². The Kier molecular flexibility index (Phi) is 4.31. The molecule has 0 aliphatic heterocycles. The van der Waals surface area contributed by atoms with Crippen molar-refractivity contribution >= 4 is 17.3 Å². The van der Waals surface area contributed by atoms with E-state index in [9.17, 15) is 10.1 Å². The maximum Gasteiger partial charge on any atom is 0.271 e. The molecule has 0 bridgehead atoms. The maximum atomic E-state index is 10.8. The third kappa shape index (κ3) is 3.52. The summed E-state index contributed by atoms with van der Waals surface area (Å²) < 4.78 is 5.09. The van der Waals surface area contributed by atoms with Crippen LogP contribution in [-0.4, -0.2) is 21.1 Å². The quantitative estimate of drug-likeness (QED) is 0.673. The average Bonchev–Trinajstić information content (AvgIpc) is 2.84. The summed E-state index contributed by atoms with van der Waals surface area (Å²) in [6.07, 6.45) is 0. The Balaban J connectivity index is 2.25. The molecule has 106 valence electrons. The first-order valence-corrected chi connectivity index (χ1v) is 6.35. The highest BCUT2D eigenvalue weighted by molar-refractivity contribution is 6.31. The van der Waals surface area contributed by atoms with Gasteiger partial charge >= 0.3 is 0 Å². The summed E-state index contributed by atoms with van der Waals surface area (Å²) in [6.45, 7) is 4.46. The van der Waals surface area contributed by atoms with Crippen molar-refractivity contribution < 1.29 is 9.45 Å². The lowest BCUT2D eigenvalue weighted by molar-refractivity contribution is -0.384. The van der Waals surface area contributed by atoms with Crippen molar-refractivity contribution in [3.63, 3.8) is 0 Å². The highest BCUT2D eigenvalue weighted by Gasteiger charge is 2.15. The van der Waals surface area contributed by atoms with Crippen LogP contribution in [0.25, 0.3) is 11.5 Å². The highest BCUT2D eigenvalue weighted by Crippen LogP contribution is 2.27. The molecule has 0 radical (unpaired) electrons. The summed E-state index contributed by atoms with van der Waals surface area (Å²) in [7, 11) is 0. The highest BCUT2D eigenvalue weighted by atomic mass is 35.5. The van der Waals surface area contributed by atoms with Crippen molar-refractivity contribution in [2.75, 3.05) is 0 Å². The molecule has 0 aliphatic rings. The Morgan fingerprint density at radius 3 is 2.85 bits per heavy atom. The van der Waals surface area contributed by atoms with Crippen molar-refractivity contribution in [1.29, 1.82) is 0 Å². The number of aromatic nitrogens is 2. The van der Waals surface area contributed by atoms with Crippen molar-refractivity contribution in [2.24, 2.45) is 0 Å². The lowest BCUT2D eigenvalue weighted by atomic mass is 10.2. The third-order valence-electron chi connectivity index (χ3n) is 2.48. The lowest BCUT2D eigenvalue weighted by Crippen LogP contribution is -2.22. The number of halogens is 1. The fourth-order valence-corrected chi connectivity index (χ4v) is 1.77. The monoisotopic (exact) mass is 296 g/mol. The van der Waals surface area contributed by atoms with Crippen LogP contribution < -0.4 is 5.32 Å². The average molecular weight is 297 g/mol. The fraction of sp³-hybridized carbons (Fsp3) is 0.333. The zero-order valence-corrected chi connectivity index (χ0v) is 11.7. The van der Waals surface area contributed by atoms with Crippen LogP contribution in [0.1, 0.15) is 19.7 Å². The van der Waals surface area contributed by atoms with Gasteiger partial charge in [0.05, 0.1) is 11.5 Å². The molecule has 0 fully saturated rings. The van der Waals surface area contributed by atoms with Gasteiger partial charge in [0.1, 0.15) is 0 Å². The minimum atomic E-state index is -0.521. The molecule has 0 saturated heterocycles. The molecule has 1 heterocycles. The van der Waals surface area contributed by atoms with E-state index in [1.165, 1.54) is 12.1 Å². The number of hydrogen-bond donors (Lipinski definition) is 1. The number of non-ortho nitro benzene ring substituents is 1. The molecule has 0 atom stereocenters. The SMILES string of the molecule is CC(C)NCc1noc(-c2cc(Cl)cc([N+](=O)[O-])c2)n1. The van der Waals surface area contributed by atoms with E-state index in [-0.39, 0.29) is 16.6 Å². The number of benzene rings is 1. The van der Waals surface area contributed by atoms with Gasteiger partial charge in [-0.2, -0.15) is 4.98 Å². The summed E-state index contributed by atoms with van der Waals surface area (Å²) in [6, 6.07) is 4.45. The van der Waals surface area contributed by atoms with E-state index >= 15 is 0 Å². The van der Waals surface area contributed by atoms with Crippen LogP contribution in [-0.2, 0) is 6.54 Å². The van der Waals surface area contributed by atoms with Gasteiger partial charge in [0.15, 0.2) is 5.82 Å². The predicted octanol–water partition coefficient (Wildman–Crippen LogP) is 2.80. The molecule has 1 N–H and O–H groups in total. The van der Waals surface area contributed by atoms with E-state index in [1.807, 2.05) is 13.8 Å². The van der Waals surface area contributed by atoms with Crippen molar-refractivity contribution in [1.82, 2.24) is 15.5 Å². The van der Waals surface area contributed by atoms with Gasteiger partial charge in [-0.05, 0) is 6.07 Å². The van der Waals surface area contributed by atoms with Crippen LogP contribution in [0.2, 0.25) is 5.02 Å². The molecule has 20 heavy (non-hydrogen) atoms. The smallest absolute Gasteiger partial charge is 0.271 e. The van der Waals surface area contributed by atoms with Crippen LogP contribution >= 0.6 is 11.6 Å². The summed E-state index contributed by atoms with van der Waals surface area (Å²) >= 11 is 5.85. The van der Waals surface area contributed by atoms with Gasteiger partial charge in [-0.15, -0.1) is 0 Å². The number of nitrogens with zero attached hydrogens (tertiary/aromatic N) is 3. The van der Waals surface area contributed by atoms with Crippen LogP contribution in [0.4, 0.5) is 5.69 Å². The van der Waals surface area contributed by atoms with Crippen molar-refractivity contribution in [3.05, 3.63) is 39.2 Å². The van der Waals surface area contributed by atoms with Gasteiger partial charge in [-0.3, -0.25) is 10.1 Å². The number of nitro groups is 1. The summed E-state index contributed by atoms with van der Waals surface area (Å²) in [5, 5.41) is 18.0. The molecule has 0 amide bonds. The van der Waals surface area contributed by atoms with Crippen molar-refractivity contribution in [2.45, 2.75) is 26.4 Å². The standard InChI is InChI=1S/C12H13ClN4O3/c1-7(2)14-6-11-15-12(20-16-11)8-3-9(13)5-10(4-8)17(18)19/h3-5,7,14H,6H2,1-2H3. The van der Waals surface area contributed by atoms with Crippen LogP contribution in [0, 0.1) is 10.1 Å². The molecule has 0 saturated carbocycles. The van der Waals surface area contributed by atoms with Crippen LogP contribution in [0.15, 0.2) is 22.7 Å². The Hall–Kier alpha value is -1.99. The van der Waals surface area contributed by atoms with Gasteiger partial charge < -0.3 is 9.84 Å². The Labute approximate surface area is 120 Å². The number of hydrogen-bond acceptors (Lipinski definition) is 6. The van der Waals surface area contributed by atoms with E-state index < -0.39 is 4.92 Å². The molecule has 8 heteroatoms. The Morgan fingerprint density at radius 1 is 1.45 bits per heavy atom. The molecule has 1 aromatic carbocycles. The van der Waals surface area contributed by atoms with Gasteiger partial charge in [0, 0.05) is 28.8 Å².